The molecule has 0 saturated heterocycles. The quantitative estimate of drug-likeness (QED) is 0.458. The molecule has 0 spiro atoms. The van der Waals surface area contributed by atoms with Crippen LogP contribution >= 0.6 is 11.3 Å². The zero-order valence-corrected chi connectivity index (χ0v) is 12.6. The second-order valence-electron chi connectivity index (χ2n) is 4.32. The third kappa shape index (κ3) is 4.51. The van der Waals surface area contributed by atoms with Gasteiger partial charge in [0.1, 0.15) is 0 Å². The zero-order chi connectivity index (χ0) is 15.1. The molecule has 112 valence electrons. The lowest BCUT2D eigenvalue weighted by Crippen LogP contribution is -2.05. The molecular formula is C14H17N3O3S. The molecule has 0 aliphatic carbocycles. The molecule has 1 aromatic heterocycles. The summed E-state index contributed by atoms with van der Waals surface area (Å²) >= 11 is 1.52. The minimum Gasteiger partial charge on any atom is -0.382 e. The number of nitrogens with one attached hydrogen (secondary N) is 1. The van der Waals surface area contributed by atoms with Gasteiger partial charge in [0.05, 0.1) is 10.6 Å². The number of benzene rings is 1. The van der Waals surface area contributed by atoms with Gasteiger partial charge in [-0.15, -0.1) is 11.3 Å². The van der Waals surface area contributed by atoms with Crippen molar-refractivity contribution < 1.29 is 9.66 Å². The summed E-state index contributed by atoms with van der Waals surface area (Å²) in [6, 6.07) is 6.41. The Hall–Kier alpha value is -1.99. The summed E-state index contributed by atoms with van der Waals surface area (Å²) in [4.78, 5) is 14.7. The van der Waals surface area contributed by atoms with E-state index in [1.54, 1.807) is 12.1 Å². The van der Waals surface area contributed by atoms with Crippen molar-refractivity contribution in [3.05, 3.63) is 39.8 Å². The number of rotatable bonds is 8. The van der Waals surface area contributed by atoms with Gasteiger partial charge >= 0.3 is 0 Å². The SMILES string of the molecule is CCOCCCNc1nc(-c2ccc([N+](=O)[O-])cc2)cs1. The molecule has 2 rings (SSSR count). The monoisotopic (exact) mass is 307 g/mol. The lowest BCUT2D eigenvalue weighted by Gasteiger charge is -2.02. The van der Waals surface area contributed by atoms with Crippen LogP contribution in [0.15, 0.2) is 29.6 Å². The van der Waals surface area contributed by atoms with Crippen molar-refractivity contribution in [2.75, 3.05) is 25.1 Å². The first-order valence-electron chi connectivity index (χ1n) is 6.72. The number of non-ortho nitro benzene ring substituents is 1. The maximum Gasteiger partial charge on any atom is 0.269 e. The molecule has 0 aliphatic rings. The van der Waals surface area contributed by atoms with Crippen LogP contribution in [-0.2, 0) is 4.74 Å². The fourth-order valence-corrected chi connectivity index (χ4v) is 2.50. The van der Waals surface area contributed by atoms with Gasteiger partial charge in [-0.05, 0) is 25.5 Å². The van der Waals surface area contributed by atoms with Crippen LogP contribution in [0.25, 0.3) is 11.3 Å². The molecule has 1 N–H and O–H groups in total. The van der Waals surface area contributed by atoms with Crippen molar-refractivity contribution >= 4 is 22.2 Å². The minimum atomic E-state index is -0.407. The van der Waals surface area contributed by atoms with Gasteiger partial charge in [0.2, 0.25) is 0 Å². The molecule has 1 heterocycles. The Kier molecular flexibility index (Phi) is 5.65. The van der Waals surface area contributed by atoms with Crippen LogP contribution in [-0.4, -0.2) is 29.7 Å². The summed E-state index contributed by atoms with van der Waals surface area (Å²) in [5.41, 5.74) is 1.78. The Labute approximate surface area is 126 Å². The van der Waals surface area contributed by atoms with E-state index in [1.807, 2.05) is 12.3 Å². The summed E-state index contributed by atoms with van der Waals surface area (Å²) in [7, 11) is 0. The third-order valence-corrected chi connectivity index (χ3v) is 3.62. The average molecular weight is 307 g/mol. The largest absolute Gasteiger partial charge is 0.382 e. The molecule has 21 heavy (non-hydrogen) atoms. The molecule has 0 aliphatic heterocycles. The number of nitro benzene ring substituents is 1. The topological polar surface area (TPSA) is 77.3 Å². The summed E-state index contributed by atoms with van der Waals surface area (Å²) < 4.78 is 5.26. The maximum absolute atomic E-state index is 10.6. The van der Waals surface area contributed by atoms with E-state index >= 15 is 0 Å². The van der Waals surface area contributed by atoms with Crippen molar-refractivity contribution in [1.29, 1.82) is 0 Å². The van der Waals surface area contributed by atoms with Gasteiger partial charge in [0, 0.05) is 42.8 Å². The molecule has 0 unspecified atom stereocenters. The van der Waals surface area contributed by atoms with Crippen molar-refractivity contribution in [1.82, 2.24) is 4.98 Å². The van der Waals surface area contributed by atoms with Crippen LogP contribution in [0.3, 0.4) is 0 Å². The first-order valence-corrected chi connectivity index (χ1v) is 7.60. The maximum atomic E-state index is 10.6. The number of anilines is 1. The van der Waals surface area contributed by atoms with E-state index < -0.39 is 4.92 Å². The molecule has 0 atom stereocenters. The molecule has 6 nitrogen and oxygen atoms in total. The number of hydrogen-bond donors (Lipinski definition) is 1. The Bertz CT molecular complexity index is 583. The van der Waals surface area contributed by atoms with Gasteiger partial charge in [0.15, 0.2) is 5.13 Å². The van der Waals surface area contributed by atoms with Crippen LogP contribution in [0.5, 0.6) is 0 Å². The number of thiazole rings is 1. The zero-order valence-electron chi connectivity index (χ0n) is 11.7. The Morgan fingerprint density at radius 2 is 2.14 bits per heavy atom. The molecular weight excluding hydrogens is 290 g/mol. The molecule has 0 saturated carbocycles. The lowest BCUT2D eigenvalue weighted by atomic mass is 10.1. The third-order valence-electron chi connectivity index (χ3n) is 2.82. The smallest absolute Gasteiger partial charge is 0.269 e. The number of nitrogens with zero attached hydrogens (tertiary/aromatic N) is 2. The van der Waals surface area contributed by atoms with Crippen LogP contribution in [0.4, 0.5) is 10.8 Å². The summed E-state index contributed by atoms with van der Waals surface area (Å²) in [5, 5.41) is 16.6. The van der Waals surface area contributed by atoms with Crippen molar-refractivity contribution in [2.45, 2.75) is 13.3 Å². The molecule has 0 amide bonds. The summed E-state index contributed by atoms with van der Waals surface area (Å²) in [6.45, 7) is 4.27. The number of aromatic nitrogens is 1. The molecule has 0 bridgehead atoms. The number of hydrogen-bond acceptors (Lipinski definition) is 6. The lowest BCUT2D eigenvalue weighted by molar-refractivity contribution is -0.384. The van der Waals surface area contributed by atoms with Gasteiger partial charge in [-0.2, -0.15) is 0 Å². The highest BCUT2D eigenvalue weighted by molar-refractivity contribution is 7.14. The fraction of sp³-hybridized carbons (Fsp3) is 0.357. The van der Waals surface area contributed by atoms with Gasteiger partial charge in [-0.25, -0.2) is 4.98 Å². The first kappa shape index (κ1) is 15.4. The van der Waals surface area contributed by atoms with E-state index in [9.17, 15) is 10.1 Å². The summed E-state index contributed by atoms with van der Waals surface area (Å²) in [6.07, 6.45) is 0.931. The van der Waals surface area contributed by atoms with Gasteiger partial charge in [-0.3, -0.25) is 10.1 Å². The van der Waals surface area contributed by atoms with E-state index in [4.69, 9.17) is 4.74 Å². The normalized spacial score (nSPS) is 10.5. The Morgan fingerprint density at radius 3 is 2.81 bits per heavy atom. The van der Waals surface area contributed by atoms with Gasteiger partial charge in [-0.1, -0.05) is 0 Å². The molecule has 2 aromatic rings. The standard InChI is InChI=1S/C14H17N3O3S/c1-2-20-9-3-8-15-14-16-13(10-21-14)11-4-6-12(7-5-11)17(18)19/h4-7,10H,2-3,8-9H2,1H3,(H,15,16). The molecule has 0 radical (unpaired) electrons. The first-order chi connectivity index (χ1) is 10.2. The Balaban J connectivity index is 1.91. The predicted molar refractivity (Wildman–Crippen MR) is 83.8 cm³/mol. The van der Waals surface area contributed by atoms with Crippen LogP contribution < -0.4 is 5.32 Å². The van der Waals surface area contributed by atoms with Crippen molar-refractivity contribution in [2.24, 2.45) is 0 Å². The molecule has 7 heteroatoms. The number of ether oxygens (including phenoxy) is 1. The molecule has 0 fully saturated rings. The van der Waals surface area contributed by atoms with E-state index in [1.165, 1.54) is 23.5 Å². The second kappa shape index (κ2) is 7.70. The minimum absolute atomic E-state index is 0.0863. The highest BCUT2D eigenvalue weighted by Gasteiger charge is 2.08. The van der Waals surface area contributed by atoms with Gasteiger partial charge < -0.3 is 10.1 Å². The second-order valence-corrected chi connectivity index (χ2v) is 5.18. The van der Waals surface area contributed by atoms with Crippen LogP contribution in [0, 0.1) is 10.1 Å². The van der Waals surface area contributed by atoms with E-state index in [2.05, 4.69) is 10.3 Å². The van der Waals surface area contributed by atoms with E-state index in [0.717, 1.165) is 42.6 Å². The predicted octanol–water partition coefficient (Wildman–Crippen LogP) is 3.56. The highest BCUT2D eigenvalue weighted by Crippen LogP contribution is 2.26. The van der Waals surface area contributed by atoms with Crippen molar-refractivity contribution in [3.8, 4) is 11.3 Å². The fourth-order valence-electron chi connectivity index (χ4n) is 1.76. The van der Waals surface area contributed by atoms with Crippen LogP contribution in [0.2, 0.25) is 0 Å². The van der Waals surface area contributed by atoms with E-state index in [-0.39, 0.29) is 5.69 Å². The molecule has 1 aromatic carbocycles. The average Bonchev–Trinajstić information content (AvgIpc) is 2.96. The van der Waals surface area contributed by atoms with Crippen molar-refractivity contribution in [3.63, 3.8) is 0 Å². The van der Waals surface area contributed by atoms with Gasteiger partial charge in [0.25, 0.3) is 5.69 Å². The summed E-state index contributed by atoms with van der Waals surface area (Å²) in [5.74, 6) is 0. The van der Waals surface area contributed by atoms with Crippen LogP contribution in [0.1, 0.15) is 13.3 Å². The Morgan fingerprint density at radius 1 is 1.38 bits per heavy atom. The number of nitro groups is 1. The van der Waals surface area contributed by atoms with E-state index in [0.29, 0.717) is 0 Å². The highest BCUT2D eigenvalue weighted by atomic mass is 32.1.